The molecule has 0 unspecified atom stereocenters. The van der Waals surface area contributed by atoms with Crippen LogP contribution in [0.5, 0.6) is 0 Å². The van der Waals surface area contributed by atoms with Gasteiger partial charge >= 0.3 is 0 Å². The Hall–Kier alpha value is -1.46. The van der Waals surface area contributed by atoms with Crippen LogP contribution in [0.2, 0.25) is 0 Å². The van der Waals surface area contributed by atoms with Crippen LogP contribution in [0.4, 0.5) is 5.69 Å². The van der Waals surface area contributed by atoms with Crippen molar-refractivity contribution in [2.24, 2.45) is 0 Å². The van der Waals surface area contributed by atoms with Gasteiger partial charge in [-0.1, -0.05) is 25.0 Å². The predicted molar refractivity (Wildman–Crippen MR) is 88.3 cm³/mol. The molecule has 0 bridgehead atoms. The van der Waals surface area contributed by atoms with E-state index in [2.05, 4.69) is 31.5 Å². The molecule has 0 saturated heterocycles. The summed E-state index contributed by atoms with van der Waals surface area (Å²) in [7, 11) is 0. The maximum atomic E-state index is 12.1. The van der Waals surface area contributed by atoms with E-state index in [9.17, 15) is 4.79 Å². The van der Waals surface area contributed by atoms with Crippen LogP contribution >= 0.6 is 15.9 Å². The molecule has 1 aromatic carbocycles. The van der Waals surface area contributed by atoms with Crippen LogP contribution in [-0.4, -0.2) is 23.5 Å². The average Bonchev–Trinajstić information content (AvgIpc) is 2.98. The standard InChI is InChI=1S/C16H18BrN3O/c17-12-8-11-4-3-7-14(16(11)19-9-12)20-15(21)10-18-13-5-1-2-6-13/h3-4,7-9,13,18H,1-2,5-6,10H2,(H,20,21). The van der Waals surface area contributed by atoms with Gasteiger partial charge in [0.15, 0.2) is 0 Å². The van der Waals surface area contributed by atoms with Crippen molar-refractivity contribution in [3.63, 3.8) is 0 Å². The quantitative estimate of drug-likeness (QED) is 0.890. The number of carbonyl (C=O) groups excluding carboxylic acids is 1. The number of halogens is 1. The Labute approximate surface area is 132 Å². The number of rotatable bonds is 4. The number of anilines is 1. The zero-order valence-electron chi connectivity index (χ0n) is 11.7. The first-order valence-corrected chi connectivity index (χ1v) is 8.09. The Morgan fingerprint density at radius 3 is 2.95 bits per heavy atom. The van der Waals surface area contributed by atoms with E-state index in [1.54, 1.807) is 6.20 Å². The molecule has 4 nitrogen and oxygen atoms in total. The van der Waals surface area contributed by atoms with Gasteiger partial charge in [0.05, 0.1) is 17.7 Å². The van der Waals surface area contributed by atoms with Gasteiger partial charge in [-0.3, -0.25) is 9.78 Å². The first-order valence-electron chi connectivity index (χ1n) is 7.30. The highest BCUT2D eigenvalue weighted by molar-refractivity contribution is 9.10. The summed E-state index contributed by atoms with van der Waals surface area (Å²) in [6.07, 6.45) is 6.63. The Kier molecular flexibility index (Phi) is 4.51. The Bertz CT molecular complexity index is 653. The number of aromatic nitrogens is 1. The molecule has 2 N–H and O–H groups in total. The first kappa shape index (κ1) is 14.5. The number of benzene rings is 1. The topological polar surface area (TPSA) is 54.0 Å². The number of hydrogen-bond acceptors (Lipinski definition) is 3. The van der Waals surface area contributed by atoms with Gasteiger partial charge < -0.3 is 10.6 Å². The number of nitrogens with one attached hydrogen (secondary N) is 2. The fourth-order valence-corrected chi connectivity index (χ4v) is 3.15. The van der Waals surface area contributed by atoms with Crippen molar-refractivity contribution >= 4 is 38.4 Å². The molecule has 21 heavy (non-hydrogen) atoms. The SMILES string of the molecule is O=C(CNC1CCCC1)Nc1cccc2cc(Br)cnc12. The molecule has 1 aliphatic carbocycles. The number of pyridine rings is 1. The minimum Gasteiger partial charge on any atom is -0.323 e. The number of hydrogen-bond donors (Lipinski definition) is 2. The Morgan fingerprint density at radius 2 is 2.14 bits per heavy atom. The van der Waals surface area contributed by atoms with Crippen molar-refractivity contribution in [2.45, 2.75) is 31.7 Å². The van der Waals surface area contributed by atoms with Crippen LogP contribution in [0.15, 0.2) is 34.9 Å². The van der Waals surface area contributed by atoms with Crippen LogP contribution < -0.4 is 10.6 Å². The molecule has 1 heterocycles. The lowest BCUT2D eigenvalue weighted by Crippen LogP contribution is -2.34. The fourth-order valence-electron chi connectivity index (χ4n) is 2.80. The molecule has 0 aliphatic heterocycles. The molecule has 1 amide bonds. The first-order chi connectivity index (χ1) is 10.2. The van der Waals surface area contributed by atoms with E-state index in [0.717, 1.165) is 21.1 Å². The fraction of sp³-hybridized carbons (Fsp3) is 0.375. The summed E-state index contributed by atoms with van der Waals surface area (Å²) in [6, 6.07) is 8.29. The van der Waals surface area contributed by atoms with E-state index >= 15 is 0 Å². The molecular formula is C16H18BrN3O. The number of nitrogens with zero attached hydrogens (tertiary/aromatic N) is 1. The van der Waals surface area contributed by atoms with Gasteiger partial charge in [0.1, 0.15) is 0 Å². The minimum absolute atomic E-state index is 0.0147. The lowest BCUT2D eigenvalue weighted by atomic mass is 10.2. The number of fused-ring (bicyclic) bond motifs is 1. The average molecular weight is 348 g/mol. The van der Waals surface area contributed by atoms with Gasteiger partial charge in [0, 0.05) is 22.1 Å². The minimum atomic E-state index is -0.0147. The number of para-hydroxylation sites is 1. The molecule has 2 aromatic rings. The van der Waals surface area contributed by atoms with Gasteiger partial charge in [0.2, 0.25) is 5.91 Å². The maximum absolute atomic E-state index is 12.1. The zero-order valence-corrected chi connectivity index (χ0v) is 13.3. The van der Waals surface area contributed by atoms with Gasteiger partial charge in [-0.05, 0) is 40.9 Å². The molecule has 110 valence electrons. The molecule has 0 spiro atoms. The summed E-state index contributed by atoms with van der Waals surface area (Å²) in [5.41, 5.74) is 1.58. The number of carbonyl (C=O) groups is 1. The van der Waals surface area contributed by atoms with Crippen molar-refractivity contribution in [1.29, 1.82) is 0 Å². The van der Waals surface area contributed by atoms with E-state index in [1.165, 1.54) is 25.7 Å². The highest BCUT2D eigenvalue weighted by atomic mass is 79.9. The summed E-state index contributed by atoms with van der Waals surface area (Å²) >= 11 is 3.41. The van der Waals surface area contributed by atoms with Gasteiger partial charge in [-0.25, -0.2) is 0 Å². The van der Waals surface area contributed by atoms with E-state index in [-0.39, 0.29) is 5.91 Å². The predicted octanol–water partition coefficient (Wildman–Crippen LogP) is 3.47. The summed E-state index contributed by atoms with van der Waals surface area (Å²) in [5, 5.41) is 7.27. The van der Waals surface area contributed by atoms with Gasteiger partial charge in [-0.2, -0.15) is 0 Å². The second-order valence-electron chi connectivity index (χ2n) is 5.44. The van der Waals surface area contributed by atoms with Crippen LogP contribution in [0.3, 0.4) is 0 Å². The smallest absolute Gasteiger partial charge is 0.238 e. The summed E-state index contributed by atoms with van der Waals surface area (Å²) < 4.78 is 0.932. The molecular weight excluding hydrogens is 330 g/mol. The van der Waals surface area contributed by atoms with Crippen molar-refractivity contribution in [3.05, 3.63) is 34.9 Å². The van der Waals surface area contributed by atoms with Crippen LogP contribution in [0.1, 0.15) is 25.7 Å². The lowest BCUT2D eigenvalue weighted by Gasteiger charge is -2.12. The molecule has 1 saturated carbocycles. The molecule has 1 fully saturated rings. The number of amides is 1. The Morgan fingerprint density at radius 1 is 1.33 bits per heavy atom. The second-order valence-corrected chi connectivity index (χ2v) is 6.36. The highest BCUT2D eigenvalue weighted by Crippen LogP contribution is 2.24. The monoisotopic (exact) mass is 347 g/mol. The second kappa shape index (κ2) is 6.54. The third-order valence-electron chi connectivity index (χ3n) is 3.86. The summed E-state index contributed by atoms with van der Waals surface area (Å²) in [4.78, 5) is 16.5. The van der Waals surface area contributed by atoms with Crippen molar-refractivity contribution in [1.82, 2.24) is 10.3 Å². The van der Waals surface area contributed by atoms with E-state index in [4.69, 9.17) is 0 Å². The summed E-state index contributed by atoms with van der Waals surface area (Å²) in [5.74, 6) is -0.0147. The van der Waals surface area contributed by atoms with Crippen molar-refractivity contribution in [3.8, 4) is 0 Å². The third-order valence-corrected chi connectivity index (χ3v) is 4.29. The molecule has 5 heteroatoms. The maximum Gasteiger partial charge on any atom is 0.238 e. The van der Waals surface area contributed by atoms with E-state index < -0.39 is 0 Å². The van der Waals surface area contributed by atoms with Gasteiger partial charge in [0.25, 0.3) is 0 Å². The van der Waals surface area contributed by atoms with Crippen LogP contribution in [0, 0.1) is 0 Å². The largest absolute Gasteiger partial charge is 0.323 e. The summed E-state index contributed by atoms with van der Waals surface area (Å²) in [6.45, 7) is 0.359. The highest BCUT2D eigenvalue weighted by Gasteiger charge is 2.15. The Balaban J connectivity index is 1.67. The molecule has 0 radical (unpaired) electrons. The molecule has 3 rings (SSSR count). The van der Waals surface area contributed by atoms with E-state index in [1.807, 2.05) is 24.3 Å². The molecule has 1 aromatic heterocycles. The normalized spacial score (nSPS) is 15.5. The van der Waals surface area contributed by atoms with Gasteiger partial charge in [-0.15, -0.1) is 0 Å². The van der Waals surface area contributed by atoms with Crippen LogP contribution in [-0.2, 0) is 4.79 Å². The van der Waals surface area contributed by atoms with Crippen LogP contribution in [0.25, 0.3) is 10.9 Å². The van der Waals surface area contributed by atoms with E-state index in [0.29, 0.717) is 12.6 Å². The lowest BCUT2D eigenvalue weighted by molar-refractivity contribution is -0.115. The molecule has 1 aliphatic rings. The van der Waals surface area contributed by atoms with Crippen molar-refractivity contribution < 1.29 is 4.79 Å². The third kappa shape index (κ3) is 3.60. The van der Waals surface area contributed by atoms with Crippen molar-refractivity contribution in [2.75, 3.05) is 11.9 Å². The molecule has 0 atom stereocenters. The zero-order chi connectivity index (χ0) is 14.7.